The summed E-state index contributed by atoms with van der Waals surface area (Å²) < 4.78 is 16.0. The van der Waals surface area contributed by atoms with Crippen molar-refractivity contribution in [1.82, 2.24) is 4.58 Å². The minimum Gasteiger partial charge on any atom is -0.385 e. The first kappa shape index (κ1) is 40.7. The first-order chi connectivity index (χ1) is 27.1. The lowest BCUT2D eigenvalue weighted by Crippen LogP contribution is -2.27. The molecule has 4 aromatic rings. The number of rotatable bonds is 12. The van der Waals surface area contributed by atoms with Crippen LogP contribution in [0.15, 0.2) is 144 Å². The number of halogens is 2. The molecule has 5 nitrogen and oxygen atoms in total. The van der Waals surface area contributed by atoms with E-state index in [0.29, 0.717) is 0 Å². The lowest BCUT2D eigenvalue weighted by atomic mass is 9.83. The van der Waals surface area contributed by atoms with Crippen LogP contribution >= 0.6 is 45.2 Å². The van der Waals surface area contributed by atoms with Crippen LogP contribution in [0.5, 0.6) is 0 Å². The van der Waals surface area contributed by atoms with E-state index in [1.807, 2.05) is 0 Å². The van der Waals surface area contributed by atoms with E-state index in [0.717, 1.165) is 63.4 Å². The molecule has 2 aliphatic heterocycles. The number of anilines is 2. The van der Waals surface area contributed by atoms with Crippen molar-refractivity contribution in [1.29, 1.82) is 0 Å². The summed E-state index contributed by atoms with van der Waals surface area (Å²) in [5.74, 6) is 0. The molecule has 0 radical (unpaired) electrons. The van der Waals surface area contributed by atoms with Crippen LogP contribution in [0.2, 0.25) is 0 Å². The highest BCUT2D eigenvalue weighted by molar-refractivity contribution is 14.1. The van der Waals surface area contributed by atoms with Gasteiger partial charge in [-0.2, -0.15) is 4.58 Å². The summed E-state index contributed by atoms with van der Waals surface area (Å²) in [4.78, 5) is 5.06. The van der Waals surface area contributed by atoms with Gasteiger partial charge >= 0.3 is 0 Å². The fourth-order valence-corrected chi connectivity index (χ4v) is 9.74. The molecule has 7 heteroatoms. The Hall–Kier alpha value is -3.51. The molecule has 0 N–H and O–H groups in total. The van der Waals surface area contributed by atoms with E-state index < -0.39 is 0 Å². The molecule has 0 unspecified atom stereocenters. The Morgan fingerprint density at radius 2 is 1.00 bits per heavy atom. The molecule has 0 atom stereocenters. The van der Waals surface area contributed by atoms with E-state index >= 15 is 0 Å². The fraction of sp³-hybridized carbons (Fsp3) is 0.327. The predicted molar refractivity (Wildman–Crippen MR) is 253 cm³/mol. The van der Waals surface area contributed by atoms with Crippen molar-refractivity contribution >= 4 is 73.6 Å². The van der Waals surface area contributed by atoms with Gasteiger partial charge in [-0.25, -0.2) is 0 Å². The predicted octanol–water partition coefficient (Wildman–Crippen LogP) is 12.3. The number of fused-ring (bicyclic) bond motifs is 2. The van der Waals surface area contributed by atoms with Crippen molar-refractivity contribution in [2.75, 3.05) is 50.3 Å². The van der Waals surface area contributed by atoms with Gasteiger partial charge in [0.15, 0.2) is 0 Å². The zero-order valence-corrected chi connectivity index (χ0v) is 37.9. The molecular weight excluding hydrogens is 916 g/mol. The lowest BCUT2D eigenvalue weighted by molar-refractivity contribution is 0.196. The summed E-state index contributed by atoms with van der Waals surface area (Å²) in [7, 11) is 3.59. The highest BCUT2D eigenvalue weighted by Crippen LogP contribution is 2.50. The van der Waals surface area contributed by atoms with Crippen molar-refractivity contribution in [3.8, 4) is 0 Å². The number of hydrogen-bond donors (Lipinski definition) is 0. The number of methoxy groups -OCH3 is 2. The van der Waals surface area contributed by atoms with Crippen molar-refractivity contribution < 1.29 is 9.47 Å². The Kier molecular flexibility index (Phi) is 12.7. The Morgan fingerprint density at radius 1 is 0.589 bits per heavy atom. The summed E-state index contributed by atoms with van der Waals surface area (Å²) in [6, 6.07) is 35.5. The highest BCUT2D eigenvalue weighted by atomic mass is 127. The second-order valence-electron chi connectivity index (χ2n) is 15.9. The van der Waals surface area contributed by atoms with Gasteiger partial charge < -0.3 is 19.3 Å². The molecular formula is C49H54I2N3O2+. The van der Waals surface area contributed by atoms with Crippen LogP contribution in [0, 0.1) is 7.14 Å². The number of ether oxygens (including phenoxy) is 2. The fourth-order valence-electron chi connectivity index (χ4n) is 8.76. The Morgan fingerprint density at radius 3 is 1.39 bits per heavy atom. The van der Waals surface area contributed by atoms with Crippen molar-refractivity contribution in [3.63, 3.8) is 0 Å². The Labute approximate surface area is 361 Å². The zero-order chi connectivity index (χ0) is 39.5. The first-order valence-electron chi connectivity index (χ1n) is 19.8. The van der Waals surface area contributed by atoms with Crippen molar-refractivity contribution in [2.45, 2.75) is 64.2 Å². The first-order valence-corrected chi connectivity index (χ1v) is 22.0. The third kappa shape index (κ3) is 8.11. The summed E-state index contributed by atoms with van der Waals surface area (Å²) in [5.41, 5.74) is 14.0. The zero-order valence-electron chi connectivity index (χ0n) is 33.6. The number of hydrogen-bond acceptors (Lipinski definition) is 4. The minimum atomic E-state index is -0.145. The van der Waals surface area contributed by atoms with Gasteiger partial charge in [-0.15, -0.1) is 0 Å². The third-order valence-corrected chi connectivity index (χ3v) is 12.9. The molecule has 1 fully saturated rings. The topological polar surface area (TPSA) is 28.0 Å². The molecule has 0 bridgehead atoms. The maximum absolute atomic E-state index is 5.51. The number of benzene rings is 4. The van der Waals surface area contributed by atoms with E-state index in [-0.39, 0.29) is 10.8 Å². The molecule has 1 saturated carbocycles. The Balaban J connectivity index is 1.40. The van der Waals surface area contributed by atoms with Gasteiger partial charge in [-0.3, -0.25) is 0 Å². The molecule has 290 valence electrons. The summed E-state index contributed by atoms with van der Waals surface area (Å²) >= 11 is 4.90. The molecule has 1 aliphatic carbocycles. The standard InChI is InChI=1S/C49H54I2N3O2/c1-48(2)41-33-37(50)23-25-43(41)52(29-13-31-55-5)45(48)27-21-35-19-20-36(47(35)54(39-15-9-7-10-16-39)40-17-11-8-12-18-40)22-28-46-49(3,4)42-34-38(51)24-26-44(42)53(46)30-14-32-56-6/h7-12,15-18,21-28,33-34H,13-14,19-20,29-32H2,1-6H3/q+1. The van der Waals surface area contributed by atoms with Gasteiger partial charge in [0.25, 0.3) is 0 Å². The van der Waals surface area contributed by atoms with Gasteiger partial charge in [0.1, 0.15) is 0 Å². The molecule has 0 aromatic heterocycles. The van der Waals surface area contributed by atoms with Gasteiger partial charge in [-0.05, 0) is 131 Å². The maximum atomic E-state index is 5.51. The van der Waals surface area contributed by atoms with Crippen LogP contribution in [-0.2, 0) is 20.3 Å². The molecule has 56 heavy (non-hydrogen) atoms. The van der Waals surface area contributed by atoms with Crippen LogP contribution in [0.25, 0.3) is 0 Å². The van der Waals surface area contributed by atoms with Crippen LogP contribution in [0.1, 0.15) is 64.5 Å². The lowest BCUT2D eigenvalue weighted by Gasteiger charge is -2.27. The number of nitrogens with zero attached hydrogens (tertiary/aromatic N) is 3. The monoisotopic (exact) mass is 970 g/mol. The van der Waals surface area contributed by atoms with Gasteiger partial charge in [-0.1, -0.05) is 76.2 Å². The van der Waals surface area contributed by atoms with Crippen LogP contribution in [-0.4, -0.2) is 46.2 Å². The highest BCUT2D eigenvalue weighted by Gasteiger charge is 2.42. The van der Waals surface area contributed by atoms with E-state index in [1.54, 1.807) is 14.2 Å². The summed E-state index contributed by atoms with van der Waals surface area (Å²) in [6.07, 6.45) is 13.5. The molecule has 0 spiro atoms. The molecule has 7 rings (SSSR count). The van der Waals surface area contributed by atoms with Crippen LogP contribution < -0.4 is 14.4 Å². The van der Waals surface area contributed by atoms with Gasteiger partial charge in [0.05, 0.1) is 0 Å². The average Bonchev–Trinajstić information content (AvgIpc) is 3.75. The number of allylic oxidation sites excluding steroid dienone is 8. The minimum absolute atomic E-state index is 0.145. The molecule has 0 saturated heterocycles. The van der Waals surface area contributed by atoms with Gasteiger partial charge in [0, 0.05) is 117 Å². The molecule has 0 amide bonds. The largest absolute Gasteiger partial charge is 0.385 e. The molecule has 3 aliphatic rings. The van der Waals surface area contributed by atoms with Crippen LogP contribution in [0.3, 0.4) is 0 Å². The van der Waals surface area contributed by atoms with Crippen molar-refractivity contribution in [2.24, 2.45) is 0 Å². The van der Waals surface area contributed by atoms with Crippen molar-refractivity contribution in [3.05, 3.63) is 162 Å². The summed E-state index contributed by atoms with van der Waals surface area (Å²) in [6.45, 7) is 12.8. The van der Waals surface area contributed by atoms with E-state index in [9.17, 15) is 0 Å². The maximum Gasteiger partial charge on any atom is 0.218 e. The average molecular weight is 971 g/mol. The smallest absolute Gasteiger partial charge is 0.218 e. The quantitative estimate of drug-likeness (QED) is 0.0803. The molecule has 2 heterocycles. The van der Waals surface area contributed by atoms with E-state index in [1.165, 1.54) is 57.9 Å². The number of para-hydroxylation sites is 2. The van der Waals surface area contributed by atoms with E-state index in [2.05, 4.69) is 209 Å². The van der Waals surface area contributed by atoms with Crippen LogP contribution in [0.4, 0.5) is 22.7 Å². The summed E-state index contributed by atoms with van der Waals surface area (Å²) in [5, 5.41) is 0. The normalized spacial score (nSPS) is 19.8. The second-order valence-corrected chi connectivity index (χ2v) is 18.4. The Bertz CT molecular complexity index is 2060. The van der Waals surface area contributed by atoms with E-state index in [4.69, 9.17) is 9.47 Å². The molecule has 4 aromatic carbocycles. The van der Waals surface area contributed by atoms with Gasteiger partial charge in [0.2, 0.25) is 17.1 Å². The second kappa shape index (κ2) is 17.5. The SMILES string of the molecule is COCCCN1C(=CC=C2CC/C(=C\C=C3\N(CCCOC)c4ccc(I)cc4C3(C)C)C2=[N+](c2ccccc2)c2ccccc2)C(C)(C)c2cc(I)ccc21. The third-order valence-electron chi connectivity index (χ3n) is 11.6.